The van der Waals surface area contributed by atoms with Crippen molar-refractivity contribution >= 4 is 21.6 Å². The van der Waals surface area contributed by atoms with Crippen molar-refractivity contribution in [3.63, 3.8) is 0 Å². The lowest BCUT2D eigenvalue weighted by molar-refractivity contribution is -0.0606. The van der Waals surface area contributed by atoms with Crippen LogP contribution < -0.4 is 4.87 Å². The summed E-state index contributed by atoms with van der Waals surface area (Å²) in [5, 5.41) is 19.2. The van der Waals surface area contributed by atoms with Crippen molar-refractivity contribution in [2.75, 3.05) is 19.7 Å². The largest absolute Gasteiger partial charge is 0.393 e. The third kappa shape index (κ3) is 2.89. The highest BCUT2D eigenvalue weighted by Gasteiger charge is 2.31. The van der Waals surface area contributed by atoms with Gasteiger partial charge in [-0.15, -0.1) is 0 Å². The molecule has 1 aliphatic rings. The number of fused-ring (bicyclic) bond motifs is 1. The Morgan fingerprint density at radius 1 is 1.33 bits per heavy atom. The smallest absolute Gasteiger partial charge is 0.307 e. The third-order valence-corrected chi connectivity index (χ3v) is 5.34. The zero-order valence-corrected chi connectivity index (χ0v) is 12.9. The minimum atomic E-state index is -0.903. The van der Waals surface area contributed by atoms with E-state index in [1.165, 1.54) is 16.9 Å². The van der Waals surface area contributed by atoms with Gasteiger partial charge in [0.1, 0.15) is 0 Å². The van der Waals surface area contributed by atoms with E-state index in [9.17, 15) is 15.0 Å². The molecule has 0 unspecified atom stereocenters. The van der Waals surface area contributed by atoms with Gasteiger partial charge in [0.25, 0.3) is 0 Å². The van der Waals surface area contributed by atoms with Crippen molar-refractivity contribution in [3.05, 3.63) is 33.4 Å². The summed E-state index contributed by atoms with van der Waals surface area (Å²) in [6.45, 7) is 2.21. The highest BCUT2D eigenvalue weighted by atomic mass is 32.1. The lowest BCUT2D eigenvalue weighted by Crippen LogP contribution is -2.46. The van der Waals surface area contributed by atoms with E-state index in [1.807, 2.05) is 6.07 Å². The second-order valence-corrected chi connectivity index (χ2v) is 6.88. The van der Waals surface area contributed by atoms with Crippen molar-refractivity contribution in [2.24, 2.45) is 7.05 Å². The molecule has 2 N–H and O–H groups in total. The van der Waals surface area contributed by atoms with Crippen molar-refractivity contribution in [3.8, 4) is 0 Å². The van der Waals surface area contributed by atoms with Crippen LogP contribution >= 0.6 is 11.3 Å². The molecule has 0 spiro atoms. The van der Waals surface area contributed by atoms with Gasteiger partial charge in [0.15, 0.2) is 0 Å². The number of aliphatic hydroxyl groups excluding tert-OH is 1. The Kier molecular flexibility index (Phi) is 3.88. The van der Waals surface area contributed by atoms with Gasteiger partial charge < -0.3 is 14.8 Å². The Balaban J connectivity index is 1.73. The molecule has 1 aliphatic heterocycles. The van der Waals surface area contributed by atoms with Crippen LogP contribution in [0.3, 0.4) is 0 Å². The van der Waals surface area contributed by atoms with E-state index in [2.05, 4.69) is 17.0 Å². The first-order valence-electron chi connectivity index (χ1n) is 7.15. The molecule has 0 bridgehead atoms. The number of hydrogen-bond donors (Lipinski definition) is 2. The maximum absolute atomic E-state index is 11.7. The van der Waals surface area contributed by atoms with E-state index in [0.29, 0.717) is 12.8 Å². The molecule has 114 valence electrons. The van der Waals surface area contributed by atoms with Gasteiger partial charge in [-0.25, -0.2) is 0 Å². The van der Waals surface area contributed by atoms with E-state index in [4.69, 9.17) is 0 Å². The average Bonchev–Trinajstić information content (AvgIpc) is 2.76. The quantitative estimate of drug-likeness (QED) is 0.885. The molecule has 5 nitrogen and oxygen atoms in total. The monoisotopic (exact) mass is 308 g/mol. The van der Waals surface area contributed by atoms with Gasteiger partial charge in [-0.3, -0.25) is 9.69 Å². The lowest BCUT2D eigenvalue weighted by Gasteiger charge is -2.37. The van der Waals surface area contributed by atoms with Gasteiger partial charge in [0.2, 0.25) is 0 Å². The minimum Gasteiger partial charge on any atom is -0.393 e. The Hall–Kier alpha value is -1.21. The number of thiazole rings is 1. The molecule has 6 heteroatoms. The molecule has 0 amide bonds. The predicted octanol–water partition coefficient (Wildman–Crippen LogP) is 0.919. The topological polar surface area (TPSA) is 65.7 Å². The van der Waals surface area contributed by atoms with E-state index in [-0.39, 0.29) is 11.5 Å². The molecule has 2 aromatic rings. The maximum atomic E-state index is 11.7. The molecule has 1 aromatic heterocycles. The second-order valence-electron chi connectivity index (χ2n) is 5.89. The Morgan fingerprint density at radius 3 is 2.71 bits per heavy atom. The lowest BCUT2D eigenvalue weighted by atomic mass is 9.92. The summed E-state index contributed by atoms with van der Waals surface area (Å²) in [7, 11) is 1.79. The zero-order valence-electron chi connectivity index (χ0n) is 12.1. The molecule has 2 heterocycles. The number of hydrogen-bond acceptors (Lipinski definition) is 5. The highest BCUT2D eigenvalue weighted by Crippen LogP contribution is 2.24. The van der Waals surface area contributed by atoms with Crippen molar-refractivity contribution < 1.29 is 10.2 Å². The number of aryl methyl sites for hydroxylation is 1. The molecule has 1 fully saturated rings. The molecule has 0 saturated carbocycles. The number of aromatic nitrogens is 1. The van der Waals surface area contributed by atoms with Crippen LogP contribution in [-0.2, 0) is 13.6 Å². The van der Waals surface area contributed by atoms with Gasteiger partial charge in [-0.2, -0.15) is 0 Å². The van der Waals surface area contributed by atoms with Crippen LogP contribution in [0, 0.1) is 0 Å². The van der Waals surface area contributed by atoms with Crippen molar-refractivity contribution in [1.29, 1.82) is 0 Å². The first kappa shape index (κ1) is 14.7. The van der Waals surface area contributed by atoms with Crippen LogP contribution in [0.1, 0.15) is 18.4 Å². The zero-order chi connectivity index (χ0) is 15.0. The molecule has 21 heavy (non-hydrogen) atoms. The van der Waals surface area contributed by atoms with Crippen LogP contribution in [0.4, 0.5) is 0 Å². The van der Waals surface area contributed by atoms with E-state index in [1.54, 1.807) is 11.6 Å². The molecule has 3 rings (SSSR count). The van der Waals surface area contributed by atoms with Crippen molar-refractivity contribution in [2.45, 2.75) is 25.0 Å². The van der Waals surface area contributed by atoms with E-state index < -0.39 is 5.60 Å². The maximum Gasteiger partial charge on any atom is 0.307 e. The molecule has 0 atom stereocenters. The Morgan fingerprint density at radius 2 is 2.05 bits per heavy atom. The fraction of sp³-hybridized carbons (Fsp3) is 0.533. The summed E-state index contributed by atoms with van der Waals surface area (Å²) >= 11 is 1.27. The normalized spacial score (nSPS) is 19.2. The van der Waals surface area contributed by atoms with Crippen LogP contribution in [-0.4, -0.2) is 45.0 Å². The molecule has 0 radical (unpaired) electrons. The van der Waals surface area contributed by atoms with Crippen LogP contribution in [0.2, 0.25) is 0 Å². The molecule has 0 aliphatic carbocycles. The number of nitrogens with zero attached hydrogens (tertiary/aromatic N) is 2. The van der Waals surface area contributed by atoms with Gasteiger partial charge >= 0.3 is 4.87 Å². The Labute approximate surface area is 127 Å². The van der Waals surface area contributed by atoms with E-state index in [0.717, 1.165) is 29.9 Å². The Bertz CT molecular complexity index is 698. The fourth-order valence-electron chi connectivity index (χ4n) is 2.82. The second kappa shape index (κ2) is 5.53. The summed E-state index contributed by atoms with van der Waals surface area (Å²) in [5.41, 5.74) is 1.25. The van der Waals surface area contributed by atoms with Gasteiger partial charge in [0.05, 0.1) is 22.4 Å². The first-order valence-corrected chi connectivity index (χ1v) is 7.96. The predicted molar refractivity (Wildman–Crippen MR) is 83.6 cm³/mol. The van der Waals surface area contributed by atoms with E-state index >= 15 is 0 Å². The average molecular weight is 308 g/mol. The third-order valence-electron chi connectivity index (χ3n) is 4.34. The molecule has 1 aromatic carbocycles. The van der Waals surface area contributed by atoms with Crippen molar-refractivity contribution in [1.82, 2.24) is 9.47 Å². The van der Waals surface area contributed by atoms with Crippen LogP contribution in [0.25, 0.3) is 10.2 Å². The van der Waals surface area contributed by atoms with Gasteiger partial charge in [0, 0.05) is 26.7 Å². The highest BCUT2D eigenvalue weighted by molar-refractivity contribution is 7.16. The SMILES string of the molecule is Cn1c(=O)sc2cc(CN3CCC(O)(CO)CC3)ccc21. The molecule has 1 saturated heterocycles. The molecular formula is C15H20N2O3S. The van der Waals surface area contributed by atoms with Crippen LogP contribution in [0.15, 0.2) is 23.0 Å². The fourth-order valence-corrected chi connectivity index (χ4v) is 3.76. The summed E-state index contributed by atoms with van der Waals surface area (Å²) in [6, 6.07) is 6.13. The summed E-state index contributed by atoms with van der Waals surface area (Å²) in [4.78, 5) is 14.0. The summed E-state index contributed by atoms with van der Waals surface area (Å²) in [6.07, 6.45) is 1.20. The number of rotatable bonds is 3. The number of aliphatic hydroxyl groups is 2. The summed E-state index contributed by atoms with van der Waals surface area (Å²) in [5.74, 6) is 0. The summed E-state index contributed by atoms with van der Waals surface area (Å²) < 4.78 is 2.69. The van der Waals surface area contributed by atoms with Gasteiger partial charge in [-0.05, 0) is 30.5 Å². The number of benzene rings is 1. The molecular weight excluding hydrogens is 288 g/mol. The number of piperidine rings is 1. The standard InChI is InChI=1S/C15H20N2O3S/c1-16-12-3-2-11(8-13(12)21-14(16)19)9-17-6-4-15(20,10-18)5-7-17/h2-3,8,18,20H,4-7,9-10H2,1H3. The van der Waals surface area contributed by atoms with Crippen LogP contribution in [0.5, 0.6) is 0 Å². The minimum absolute atomic E-state index is 0.0631. The first-order chi connectivity index (χ1) is 10.0. The van der Waals surface area contributed by atoms with Gasteiger partial charge in [-0.1, -0.05) is 17.4 Å². The number of likely N-dealkylation sites (tertiary alicyclic amines) is 1.